The van der Waals surface area contributed by atoms with Crippen LogP contribution in [0.1, 0.15) is 53.4 Å². The largest absolute Gasteiger partial charge is 0.356 e. The zero-order chi connectivity index (χ0) is 15.5. The van der Waals surface area contributed by atoms with Crippen molar-refractivity contribution in [1.82, 2.24) is 10.2 Å². The van der Waals surface area contributed by atoms with Crippen LogP contribution in [0.25, 0.3) is 0 Å². The summed E-state index contributed by atoms with van der Waals surface area (Å²) < 4.78 is 0. The Morgan fingerprint density at radius 2 is 1.85 bits per heavy atom. The third-order valence-electron chi connectivity index (χ3n) is 3.75. The Morgan fingerprint density at radius 1 is 1.20 bits per heavy atom. The van der Waals surface area contributed by atoms with E-state index in [0.717, 1.165) is 32.4 Å². The van der Waals surface area contributed by atoms with E-state index in [0.29, 0.717) is 30.8 Å². The molecule has 3 N–H and O–H groups in total. The molecular weight excluding hydrogens is 250 g/mol. The molecule has 0 aromatic rings. The standard InChI is InChI=1S/C16H35N3O/c1-13(2)10-15(12-17)11-16(20)18-8-6-7-9-19(5)14(3)4/h13-15H,6-12,17H2,1-5H3,(H,18,20). The van der Waals surface area contributed by atoms with Crippen molar-refractivity contribution in [3.05, 3.63) is 0 Å². The molecule has 0 aliphatic rings. The molecule has 0 rings (SSSR count). The van der Waals surface area contributed by atoms with Crippen LogP contribution in [-0.4, -0.2) is 43.5 Å². The fourth-order valence-corrected chi connectivity index (χ4v) is 2.24. The predicted molar refractivity (Wildman–Crippen MR) is 86.6 cm³/mol. The minimum atomic E-state index is 0.151. The van der Waals surface area contributed by atoms with Gasteiger partial charge in [-0.2, -0.15) is 0 Å². The van der Waals surface area contributed by atoms with Gasteiger partial charge >= 0.3 is 0 Å². The van der Waals surface area contributed by atoms with Gasteiger partial charge in [0.1, 0.15) is 0 Å². The number of hydrogen-bond donors (Lipinski definition) is 2. The van der Waals surface area contributed by atoms with E-state index in [2.05, 4.69) is 45.0 Å². The SMILES string of the molecule is CC(C)CC(CN)CC(=O)NCCCCN(C)C(C)C. The van der Waals surface area contributed by atoms with Crippen LogP contribution >= 0.6 is 0 Å². The van der Waals surface area contributed by atoms with E-state index >= 15 is 0 Å². The lowest BCUT2D eigenvalue weighted by Gasteiger charge is -2.20. The fraction of sp³-hybridized carbons (Fsp3) is 0.938. The number of unbranched alkanes of at least 4 members (excludes halogenated alkanes) is 1. The number of carbonyl (C=O) groups excluding carboxylic acids is 1. The fourth-order valence-electron chi connectivity index (χ4n) is 2.24. The van der Waals surface area contributed by atoms with Gasteiger partial charge in [0.15, 0.2) is 0 Å². The van der Waals surface area contributed by atoms with Gasteiger partial charge in [0.2, 0.25) is 5.91 Å². The maximum absolute atomic E-state index is 11.8. The molecule has 0 saturated heterocycles. The van der Waals surface area contributed by atoms with Crippen LogP contribution in [0.2, 0.25) is 0 Å². The van der Waals surface area contributed by atoms with Crippen LogP contribution in [0, 0.1) is 11.8 Å². The summed E-state index contributed by atoms with van der Waals surface area (Å²) in [5, 5.41) is 3.01. The summed E-state index contributed by atoms with van der Waals surface area (Å²) in [6.45, 7) is 11.2. The first-order valence-electron chi connectivity index (χ1n) is 8.03. The summed E-state index contributed by atoms with van der Waals surface area (Å²) in [6, 6.07) is 0.589. The summed E-state index contributed by atoms with van der Waals surface area (Å²) in [7, 11) is 2.14. The van der Waals surface area contributed by atoms with Gasteiger partial charge in [-0.05, 0) is 65.1 Å². The number of carbonyl (C=O) groups is 1. The highest BCUT2D eigenvalue weighted by atomic mass is 16.1. The van der Waals surface area contributed by atoms with E-state index in [1.165, 1.54) is 0 Å². The number of nitrogens with two attached hydrogens (primary N) is 1. The summed E-state index contributed by atoms with van der Waals surface area (Å²) in [5.74, 6) is 1.07. The Labute approximate surface area is 125 Å². The van der Waals surface area contributed by atoms with Crippen molar-refractivity contribution >= 4 is 5.91 Å². The lowest BCUT2D eigenvalue weighted by atomic mass is 9.94. The van der Waals surface area contributed by atoms with E-state index in [9.17, 15) is 4.79 Å². The van der Waals surface area contributed by atoms with Crippen LogP contribution in [0.4, 0.5) is 0 Å². The van der Waals surface area contributed by atoms with E-state index in [1.54, 1.807) is 0 Å². The van der Waals surface area contributed by atoms with Crippen molar-refractivity contribution in [2.45, 2.75) is 59.4 Å². The molecule has 0 fully saturated rings. The molecule has 0 heterocycles. The average molecular weight is 285 g/mol. The maximum Gasteiger partial charge on any atom is 0.220 e. The van der Waals surface area contributed by atoms with Crippen LogP contribution < -0.4 is 11.1 Å². The van der Waals surface area contributed by atoms with Crippen molar-refractivity contribution in [2.75, 3.05) is 26.7 Å². The first kappa shape index (κ1) is 19.4. The molecule has 1 unspecified atom stereocenters. The number of hydrogen-bond acceptors (Lipinski definition) is 3. The van der Waals surface area contributed by atoms with E-state index in [4.69, 9.17) is 5.73 Å². The first-order valence-corrected chi connectivity index (χ1v) is 8.03. The molecule has 0 radical (unpaired) electrons. The third kappa shape index (κ3) is 10.2. The Kier molecular flexibility index (Phi) is 10.8. The zero-order valence-corrected chi connectivity index (χ0v) is 14.1. The van der Waals surface area contributed by atoms with E-state index < -0.39 is 0 Å². The Morgan fingerprint density at radius 3 is 2.35 bits per heavy atom. The molecule has 0 bridgehead atoms. The van der Waals surface area contributed by atoms with Gasteiger partial charge in [-0.15, -0.1) is 0 Å². The van der Waals surface area contributed by atoms with E-state index in [1.807, 2.05) is 0 Å². The topological polar surface area (TPSA) is 58.4 Å². The molecule has 0 aliphatic carbocycles. The molecule has 1 atom stereocenters. The number of rotatable bonds is 11. The summed E-state index contributed by atoms with van der Waals surface area (Å²) >= 11 is 0. The number of nitrogens with zero attached hydrogens (tertiary/aromatic N) is 1. The van der Waals surface area contributed by atoms with Crippen molar-refractivity contribution < 1.29 is 4.79 Å². The van der Waals surface area contributed by atoms with Gasteiger partial charge < -0.3 is 16.0 Å². The lowest BCUT2D eigenvalue weighted by Crippen LogP contribution is -2.31. The van der Waals surface area contributed by atoms with Gasteiger partial charge in [0.05, 0.1) is 0 Å². The molecule has 0 saturated carbocycles. The quantitative estimate of drug-likeness (QED) is 0.572. The van der Waals surface area contributed by atoms with Crippen LogP contribution in [0.5, 0.6) is 0 Å². The summed E-state index contributed by atoms with van der Waals surface area (Å²) in [4.78, 5) is 14.2. The second-order valence-corrected chi connectivity index (χ2v) is 6.57. The van der Waals surface area contributed by atoms with E-state index in [-0.39, 0.29) is 5.91 Å². The lowest BCUT2D eigenvalue weighted by molar-refractivity contribution is -0.122. The highest BCUT2D eigenvalue weighted by Crippen LogP contribution is 2.13. The highest BCUT2D eigenvalue weighted by Gasteiger charge is 2.13. The van der Waals surface area contributed by atoms with Gasteiger partial charge in [-0.3, -0.25) is 4.79 Å². The minimum Gasteiger partial charge on any atom is -0.356 e. The van der Waals surface area contributed by atoms with Crippen molar-refractivity contribution in [2.24, 2.45) is 17.6 Å². The molecule has 120 valence electrons. The summed E-state index contributed by atoms with van der Waals surface area (Å²) in [5.41, 5.74) is 5.72. The second kappa shape index (κ2) is 11.1. The minimum absolute atomic E-state index is 0.151. The molecule has 1 amide bonds. The van der Waals surface area contributed by atoms with Crippen LogP contribution in [0.3, 0.4) is 0 Å². The Balaban J connectivity index is 3.67. The molecule has 0 aliphatic heterocycles. The van der Waals surface area contributed by atoms with Crippen molar-refractivity contribution in [1.29, 1.82) is 0 Å². The van der Waals surface area contributed by atoms with Gasteiger partial charge in [0, 0.05) is 19.0 Å². The molecule has 4 nitrogen and oxygen atoms in total. The number of nitrogens with one attached hydrogen (secondary N) is 1. The summed E-state index contributed by atoms with van der Waals surface area (Å²) in [6.07, 6.45) is 3.77. The second-order valence-electron chi connectivity index (χ2n) is 6.57. The Hall–Kier alpha value is -0.610. The molecule has 0 aromatic heterocycles. The molecule has 4 heteroatoms. The van der Waals surface area contributed by atoms with Gasteiger partial charge in [-0.1, -0.05) is 13.8 Å². The van der Waals surface area contributed by atoms with Crippen molar-refractivity contribution in [3.8, 4) is 0 Å². The molecular formula is C16H35N3O. The maximum atomic E-state index is 11.8. The zero-order valence-electron chi connectivity index (χ0n) is 14.1. The van der Waals surface area contributed by atoms with Gasteiger partial charge in [-0.25, -0.2) is 0 Å². The number of amides is 1. The molecule has 0 spiro atoms. The molecule has 0 aromatic carbocycles. The highest BCUT2D eigenvalue weighted by molar-refractivity contribution is 5.76. The smallest absolute Gasteiger partial charge is 0.220 e. The van der Waals surface area contributed by atoms with Crippen LogP contribution in [-0.2, 0) is 4.79 Å². The predicted octanol–water partition coefficient (Wildman–Crippen LogP) is 2.23. The van der Waals surface area contributed by atoms with Crippen LogP contribution in [0.15, 0.2) is 0 Å². The normalized spacial score (nSPS) is 13.2. The monoisotopic (exact) mass is 285 g/mol. The Bertz CT molecular complexity index is 254. The van der Waals surface area contributed by atoms with Gasteiger partial charge in [0.25, 0.3) is 0 Å². The average Bonchev–Trinajstić information content (AvgIpc) is 2.36. The first-order chi connectivity index (χ1) is 9.36. The molecule has 20 heavy (non-hydrogen) atoms. The third-order valence-corrected chi connectivity index (χ3v) is 3.75. The van der Waals surface area contributed by atoms with Crippen molar-refractivity contribution in [3.63, 3.8) is 0 Å².